The maximum Gasteiger partial charge on any atom is 0.136 e. The molecule has 0 aliphatic carbocycles. The predicted octanol–water partition coefficient (Wildman–Crippen LogP) is 3.30. The highest BCUT2D eigenvalue weighted by atomic mass is 79.9. The van der Waals surface area contributed by atoms with E-state index in [2.05, 4.69) is 31.9 Å². The molecule has 1 fully saturated rings. The summed E-state index contributed by atoms with van der Waals surface area (Å²) in [7, 11) is 0. The first-order valence-electron chi connectivity index (χ1n) is 4.37. The van der Waals surface area contributed by atoms with E-state index < -0.39 is 0 Å². The summed E-state index contributed by atoms with van der Waals surface area (Å²) in [6.07, 6.45) is 0.296. The number of benzene rings is 1. The van der Waals surface area contributed by atoms with Gasteiger partial charge in [-0.25, -0.2) is 0 Å². The number of hydrogen-bond acceptors (Lipinski definition) is 2. The number of hydrogen-bond donors (Lipinski definition) is 0. The van der Waals surface area contributed by atoms with E-state index in [1.165, 1.54) is 0 Å². The second-order valence-corrected chi connectivity index (χ2v) is 5.07. The van der Waals surface area contributed by atoms with E-state index in [1.807, 2.05) is 19.1 Å². The van der Waals surface area contributed by atoms with Gasteiger partial charge in [-0.1, -0.05) is 15.9 Å². The van der Waals surface area contributed by atoms with E-state index in [4.69, 9.17) is 9.47 Å². The average molecular weight is 322 g/mol. The molecule has 2 nitrogen and oxygen atoms in total. The molecule has 76 valence electrons. The van der Waals surface area contributed by atoms with Gasteiger partial charge < -0.3 is 9.47 Å². The van der Waals surface area contributed by atoms with E-state index in [0.29, 0.717) is 12.7 Å². The molecule has 1 heterocycles. The molecule has 0 N–H and O–H groups in total. The first kappa shape index (κ1) is 10.5. The zero-order valence-corrected chi connectivity index (χ0v) is 10.9. The summed E-state index contributed by atoms with van der Waals surface area (Å²) in [5, 5.41) is 0. The maximum atomic E-state index is 5.65. The van der Waals surface area contributed by atoms with Crippen LogP contribution in [0.5, 0.6) is 5.75 Å². The Balaban J connectivity index is 2.13. The van der Waals surface area contributed by atoms with Crippen LogP contribution < -0.4 is 4.74 Å². The van der Waals surface area contributed by atoms with Gasteiger partial charge in [0, 0.05) is 4.47 Å². The molecular formula is C10H10Br2O2. The number of ether oxygens (including phenoxy) is 2. The minimum atomic E-state index is 0.296. The van der Waals surface area contributed by atoms with Gasteiger partial charge >= 0.3 is 0 Å². The number of rotatable bonds is 3. The number of epoxide rings is 1. The Morgan fingerprint density at radius 3 is 2.79 bits per heavy atom. The van der Waals surface area contributed by atoms with Crippen LogP contribution in [0.4, 0.5) is 0 Å². The maximum absolute atomic E-state index is 5.65. The fraction of sp³-hybridized carbons (Fsp3) is 0.400. The van der Waals surface area contributed by atoms with Gasteiger partial charge in [0.25, 0.3) is 0 Å². The largest absolute Gasteiger partial charge is 0.489 e. The van der Waals surface area contributed by atoms with Gasteiger partial charge in [0.15, 0.2) is 0 Å². The highest BCUT2D eigenvalue weighted by Crippen LogP contribution is 2.32. The third-order valence-corrected chi connectivity index (χ3v) is 3.06. The Bertz CT molecular complexity index is 325. The first-order chi connectivity index (χ1) is 6.66. The highest BCUT2D eigenvalue weighted by Gasteiger charge is 2.23. The summed E-state index contributed by atoms with van der Waals surface area (Å²) < 4.78 is 12.8. The Labute approximate surface area is 99.8 Å². The molecule has 0 radical (unpaired) electrons. The Kier molecular flexibility index (Phi) is 3.14. The van der Waals surface area contributed by atoms with Crippen LogP contribution in [0, 0.1) is 6.92 Å². The molecule has 1 aromatic rings. The quantitative estimate of drug-likeness (QED) is 0.797. The molecule has 1 aliphatic heterocycles. The lowest BCUT2D eigenvalue weighted by Crippen LogP contribution is -2.05. The molecule has 1 saturated heterocycles. The third-order valence-electron chi connectivity index (χ3n) is 2.01. The van der Waals surface area contributed by atoms with E-state index in [9.17, 15) is 0 Å². The van der Waals surface area contributed by atoms with Crippen LogP contribution in [-0.4, -0.2) is 19.3 Å². The summed E-state index contributed by atoms with van der Waals surface area (Å²) in [5.74, 6) is 0.906. The summed E-state index contributed by atoms with van der Waals surface area (Å²) in [6.45, 7) is 3.49. The lowest BCUT2D eigenvalue weighted by molar-refractivity contribution is 0.260. The van der Waals surface area contributed by atoms with Gasteiger partial charge in [-0.3, -0.25) is 0 Å². The van der Waals surface area contributed by atoms with Crippen molar-refractivity contribution in [3.05, 3.63) is 26.6 Å². The highest BCUT2D eigenvalue weighted by molar-refractivity contribution is 9.11. The van der Waals surface area contributed by atoms with Gasteiger partial charge in [-0.2, -0.15) is 0 Å². The van der Waals surface area contributed by atoms with Crippen molar-refractivity contribution >= 4 is 31.9 Å². The molecule has 0 saturated carbocycles. The zero-order chi connectivity index (χ0) is 10.1. The topological polar surface area (TPSA) is 21.8 Å². The Morgan fingerprint density at radius 2 is 2.21 bits per heavy atom. The molecule has 0 aromatic heterocycles. The summed E-state index contributed by atoms with van der Waals surface area (Å²) in [5.41, 5.74) is 1.12. The second kappa shape index (κ2) is 4.21. The standard InChI is InChI=1S/C10H10Br2O2/c1-6-2-7(11)3-9(12)10(6)14-5-8-4-13-8/h2-3,8H,4-5H2,1H3. The molecule has 1 unspecified atom stereocenters. The molecular weight excluding hydrogens is 312 g/mol. The van der Waals surface area contributed by atoms with Crippen molar-refractivity contribution in [1.29, 1.82) is 0 Å². The van der Waals surface area contributed by atoms with Crippen molar-refractivity contribution in [2.45, 2.75) is 13.0 Å². The van der Waals surface area contributed by atoms with Crippen molar-refractivity contribution in [3.8, 4) is 5.75 Å². The van der Waals surface area contributed by atoms with Gasteiger partial charge in [-0.05, 0) is 40.5 Å². The van der Waals surface area contributed by atoms with E-state index >= 15 is 0 Å². The third kappa shape index (κ3) is 2.49. The number of aryl methyl sites for hydroxylation is 1. The monoisotopic (exact) mass is 320 g/mol. The van der Waals surface area contributed by atoms with Gasteiger partial charge in [-0.15, -0.1) is 0 Å². The Hall–Kier alpha value is -0.0600. The van der Waals surface area contributed by atoms with E-state index in [1.54, 1.807) is 0 Å². The fourth-order valence-electron chi connectivity index (χ4n) is 1.21. The van der Waals surface area contributed by atoms with Crippen LogP contribution in [0.1, 0.15) is 5.56 Å². The summed E-state index contributed by atoms with van der Waals surface area (Å²) in [4.78, 5) is 0. The molecule has 0 bridgehead atoms. The summed E-state index contributed by atoms with van der Waals surface area (Å²) in [6, 6.07) is 4.02. The van der Waals surface area contributed by atoms with Crippen LogP contribution >= 0.6 is 31.9 Å². The smallest absolute Gasteiger partial charge is 0.136 e. The molecule has 0 spiro atoms. The van der Waals surface area contributed by atoms with Crippen LogP contribution in [-0.2, 0) is 4.74 Å². The average Bonchev–Trinajstić information content (AvgIpc) is 2.85. The van der Waals surface area contributed by atoms with Gasteiger partial charge in [0.1, 0.15) is 18.5 Å². The van der Waals surface area contributed by atoms with Crippen LogP contribution in [0.25, 0.3) is 0 Å². The molecule has 1 atom stereocenters. The minimum absolute atomic E-state index is 0.296. The molecule has 1 aliphatic rings. The van der Waals surface area contributed by atoms with Crippen molar-refractivity contribution in [2.75, 3.05) is 13.2 Å². The van der Waals surface area contributed by atoms with Crippen LogP contribution in [0.2, 0.25) is 0 Å². The second-order valence-electron chi connectivity index (χ2n) is 3.30. The van der Waals surface area contributed by atoms with Crippen molar-refractivity contribution < 1.29 is 9.47 Å². The molecule has 1 aromatic carbocycles. The lowest BCUT2D eigenvalue weighted by atomic mass is 10.2. The minimum Gasteiger partial charge on any atom is -0.489 e. The van der Waals surface area contributed by atoms with E-state index in [-0.39, 0.29) is 0 Å². The molecule has 14 heavy (non-hydrogen) atoms. The predicted molar refractivity (Wildman–Crippen MR) is 61.8 cm³/mol. The van der Waals surface area contributed by atoms with Crippen LogP contribution in [0.3, 0.4) is 0 Å². The Morgan fingerprint density at radius 1 is 1.50 bits per heavy atom. The normalized spacial score (nSPS) is 19.5. The lowest BCUT2D eigenvalue weighted by Gasteiger charge is -2.10. The first-order valence-corrected chi connectivity index (χ1v) is 5.95. The SMILES string of the molecule is Cc1cc(Br)cc(Br)c1OCC1CO1. The van der Waals surface area contributed by atoms with Crippen molar-refractivity contribution in [2.24, 2.45) is 0 Å². The molecule has 4 heteroatoms. The molecule has 2 rings (SSSR count). The van der Waals surface area contributed by atoms with Gasteiger partial charge in [0.2, 0.25) is 0 Å². The fourth-order valence-corrected chi connectivity index (χ4v) is 2.77. The van der Waals surface area contributed by atoms with Crippen molar-refractivity contribution in [3.63, 3.8) is 0 Å². The van der Waals surface area contributed by atoms with Crippen molar-refractivity contribution in [1.82, 2.24) is 0 Å². The van der Waals surface area contributed by atoms with Crippen LogP contribution in [0.15, 0.2) is 21.1 Å². The van der Waals surface area contributed by atoms with Gasteiger partial charge in [0.05, 0.1) is 11.1 Å². The summed E-state index contributed by atoms with van der Waals surface area (Å²) >= 11 is 6.90. The van der Waals surface area contributed by atoms with E-state index in [0.717, 1.165) is 26.9 Å². The number of halogens is 2. The molecule has 0 amide bonds. The zero-order valence-electron chi connectivity index (χ0n) is 7.72.